The lowest BCUT2D eigenvalue weighted by molar-refractivity contribution is 0.109. The fourth-order valence-electron chi connectivity index (χ4n) is 1.89. The number of ether oxygens (including phenoxy) is 1. The first kappa shape index (κ1) is 14.0. The normalized spacial score (nSPS) is 10.3. The number of hydrogen-bond acceptors (Lipinski definition) is 4. The highest BCUT2D eigenvalue weighted by Gasteiger charge is 2.15. The van der Waals surface area contributed by atoms with E-state index in [2.05, 4.69) is 17.9 Å². The van der Waals surface area contributed by atoms with E-state index in [-0.39, 0.29) is 5.12 Å². The fourth-order valence-corrected chi connectivity index (χ4v) is 3.15. The van der Waals surface area contributed by atoms with Crippen LogP contribution in [0.15, 0.2) is 24.3 Å². The van der Waals surface area contributed by atoms with E-state index in [0.29, 0.717) is 4.88 Å². The average Bonchev–Trinajstić information content (AvgIpc) is 2.67. The Balaban J connectivity index is 2.35. The molecule has 0 spiro atoms. The Kier molecular flexibility index (Phi) is 4.17. The van der Waals surface area contributed by atoms with Gasteiger partial charge in [0.05, 0.1) is 17.7 Å². The van der Waals surface area contributed by atoms with Gasteiger partial charge in [0.25, 0.3) is 0 Å². The van der Waals surface area contributed by atoms with Crippen molar-refractivity contribution in [2.45, 2.75) is 13.8 Å². The zero-order valence-electron chi connectivity index (χ0n) is 11.0. The van der Waals surface area contributed by atoms with Crippen molar-refractivity contribution in [1.29, 1.82) is 0 Å². The second-order valence-corrected chi connectivity index (χ2v) is 5.78. The highest BCUT2D eigenvalue weighted by molar-refractivity contribution is 7.97. The molecule has 0 unspecified atom stereocenters. The zero-order chi connectivity index (χ0) is 14.0. The molecule has 1 aromatic heterocycles. The van der Waals surface area contributed by atoms with Gasteiger partial charge in [0.1, 0.15) is 5.75 Å². The van der Waals surface area contributed by atoms with Gasteiger partial charge >= 0.3 is 0 Å². The van der Waals surface area contributed by atoms with Crippen LogP contribution in [0.1, 0.15) is 20.1 Å². The molecule has 0 atom stereocenters. The van der Waals surface area contributed by atoms with Crippen molar-refractivity contribution >= 4 is 40.5 Å². The van der Waals surface area contributed by atoms with Gasteiger partial charge in [0, 0.05) is 16.6 Å². The summed E-state index contributed by atoms with van der Waals surface area (Å²) < 4.78 is 5.19. The van der Waals surface area contributed by atoms with E-state index in [1.807, 2.05) is 38.1 Å². The molecule has 0 fully saturated rings. The summed E-state index contributed by atoms with van der Waals surface area (Å²) in [5.74, 6) is 0.793. The second kappa shape index (κ2) is 5.67. The van der Waals surface area contributed by atoms with Crippen LogP contribution in [0.5, 0.6) is 5.75 Å². The van der Waals surface area contributed by atoms with E-state index in [0.717, 1.165) is 27.6 Å². The number of thiophene rings is 1. The van der Waals surface area contributed by atoms with Crippen LogP contribution in [0.2, 0.25) is 0 Å². The Hall–Kier alpha value is -1.46. The van der Waals surface area contributed by atoms with Crippen molar-refractivity contribution in [2.75, 3.05) is 12.4 Å². The molecule has 0 aliphatic heterocycles. The number of nitrogens with one attached hydrogen (secondary N) is 1. The van der Waals surface area contributed by atoms with Crippen molar-refractivity contribution in [3.05, 3.63) is 39.6 Å². The highest BCUT2D eigenvalue weighted by atomic mass is 32.1. The number of anilines is 2. The molecule has 0 saturated carbocycles. The molecule has 1 heterocycles. The first-order valence-electron chi connectivity index (χ1n) is 5.77. The fraction of sp³-hybridized carbons (Fsp3) is 0.214. The number of carbonyl (C=O) groups is 1. The third kappa shape index (κ3) is 2.93. The SMILES string of the molecule is COc1cccc(Nc2c(C)sc(C(=O)S)c2C)c1. The van der Waals surface area contributed by atoms with Crippen LogP contribution in [0.25, 0.3) is 0 Å². The number of benzene rings is 1. The molecule has 1 N–H and O–H groups in total. The van der Waals surface area contributed by atoms with Gasteiger partial charge in [-0.15, -0.1) is 11.3 Å². The molecule has 0 saturated heterocycles. The Labute approximate surface area is 122 Å². The standard InChI is InChI=1S/C14H15NO2S2/c1-8-12(9(2)19-13(8)14(16)18)15-10-5-4-6-11(7-10)17-3/h4-7,15H,1-3H3,(H,16,18). The molecule has 3 nitrogen and oxygen atoms in total. The molecule has 2 rings (SSSR count). The Bertz CT molecular complexity index is 620. The molecule has 100 valence electrons. The van der Waals surface area contributed by atoms with Gasteiger partial charge in [-0.05, 0) is 31.5 Å². The maximum atomic E-state index is 11.4. The molecule has 0 aliphatic rings. The average molecular weight is 293 g/mol. The summed E-state index contributed by atoms with van der Waals surface area (Å²) in [7, 11) is 1.64. The minimum Gasteiger partial charge on any atom is -0.497 e. The second-order valence-electron chi connectivity index (χ2n) is 4.15. The molecule has 0 amide bonds. The van der Waals surface area contributed by atoms with Gasteiger partial charge in [-0.3, -0.25) is 4.79 Å². The quantitative estimate of drug-likeness (QED) is 0.830. The number of carbonyl (C=O) groups excluding carboxylic acids is 1. The van der Waals surface area contributed by atoms with Crippen molar-refractivity contribution in [1.82, 2.24) is 0 Å². The van der Waals surface area contributed by atoms with Crippen LogP contribution in [0, 0.1) is 13.8 Å². The number of methoxy groups -OCH3 is 1. The molecule has 2 aromatic rings. The first-order valence-corrected chi connectivity index (χ1v) is 7.03. The van der Waals surface area contributed by atoms with Gasteiger partial charge in [-0.2, -0.15) is 0 Å². The lowest BCUT2D eigenvalue weighted by Gasteiger charge is -2.09. The van der Waals surface area contributed by atoms with Crippen LogP contribution in [-0.2, 0) is 0 Å². The van der Waals surface area contributed by atoms with Gasteiger partial charge in [0.15, 0.2) is 0 Å². The van der Waals surface area contributed by atoms with Crippen LogP contribution < -0.4 is 10.1 Å². The molecular weight excluding hydrogens is 278 g/mol. The molecule has 5 heteroatoms. The van der Waals surface area contributed by atoms with Gasteiger partial charge < -0.3 is 10.1 Å². The number of rotatable bonds is 4. The Morgan fingerprint density at radius 3 is 2.68 bits per heavy atom. The molecule has 0 bridgehead atoms. The zero-order valence-corrected chi connectivity index (χ0v) is 12.7. The van der Waals surface area contributed by atoms with E-state index < -0.39 is 0 Å². The Morgan fingerprint density at radius 2 is 2.11 bits per heavy atom. The molecule has 1 aromatic carbocycles. The van der Waals surface area contributed by atoms with Crippen LogP contribution in [0.4, 0.5) is 11.4 Å². The number of aryl methyl sites for hydroxylation is 1. The summed E-state index contributed by atoms with van der Waals surface area (Å²) in [5, 5.41) is 3.14. The maximum absolute atomic E-state index is 11.4. The third-order valence-electron chi connectivity index (χ3n) is 2.86. The van der Waals surface area contributed by atoms with E-state index in [4.69, 9.17) is 4.74 Å². The van der Waals surface area contributed by atoms with Crippen molar-refractivity contribution in [2.24, 2.45) is 0 Å². The lowest BCUT2D eigenvalue weighted by atomic mass is 10.2. The third-order valence-corrected chi connectivity index (χ3v) is 4.44. The van der Waals surface area contributed by atoms with Crippen LogP contribution >= 0.6 is 24.0 Å². The molecule has 0 aliphatic carbocycles. The van der Waals surface area contributed by atoms with Crippen LogP contribution in [-0.4, -0.2) is 12.2 Å². The highest BCUT2D eigenvalue weighted by Crippen LogP contribution is 2.35. The summed E-state index contributed by atoms with van der Waals surface area (Å²) in [6.07, 6.45) is 0. The summed E-state index contributed by atoms with van der Waals surface area (Å²) in [6, 6.07) is 7.68. The van der Waals surface area contributed by atoms with Crippen molar-refractivity contribution in [3.8, 4) is 5.75 Å². The predicted molar refractivity (Wildman–Crippen MR) is 83.4 cm³/mol. The number of thiol groups is 1. The smallest absolute Gasteiger partial charge is 0.226 e. The monoisotopic (exact) mass is 293 g/mol. The minimum absolute atomic E-state index is 0.190. The molecule has 19 heavy (non-hydrogen) atoms. The largest absolute Gasteiger partial charge is 0.497 e. The summed E-state index contributed by atoms with van der Waals surface area (Å²) in [4.78, 5) is 13.2. The maximum Gasteiger partial charge on any atom is 0.226 e. The minimum atomic E-state index is -0.190. The van der Waals surface area contributed by atoms with Crippen molar-refractivity contribution in [3.63, 3.8) is 0 Å². The first-order chi connectivity index (χ1) is 9.02. The molecular formula is C14H15NO2S2. The van der Waals surface area contributed by atoms with E-state index in [1.165, 1.54) is 11.3 Å². The van der Waals surface area contributed by atoms with Gasteiger partial charge in [-0.25, -0.2) is 0 Å². The Morgan fingerprint density at radius 1 is 1.37 bits per heavy atom. The lowest BCUT2D eigenvalue weighted by Crippen LogP contribution is -1.94. The topological polar surface area (TPSA) is 38.3 Å². The summed E-state index contributed by atoms with van der Waals surface area (Å²) in [5.41, 5.74) is 2.84. The van der Waals surface area contributed by atoms with E-state index >= 15 is 0 Å². The summed E-state index contributed by atoms with van der Waals surface area (Å²) >= 11 is 5.36. The van der Waals surface area contributed by atoms with Crippen molar-refractivity contribution < 1.29 is 9.53 Å². The van der Waals surface area contributed by atoms with E-state index in [1.54, 1.807) is 7.11 Å². The van der Waals surface area contributed by atoms with Gasteiger partial charge in [0.2, 0.25) is 5.12 Å². The van der Waals surface area contributed by atoms with E-state index in [9.17, 15) is 4.79 Å². The van der Waals surface area contributed by atoms with Gasteiger partial charge in [-0.1, -0.05) is 18.7 Å². The summed E-state index contributed by atoms with van der Waals surface area (Å²) in [6.45, 7) is 3.91. The molecule has 0 radical (unpaired) electrons. The number of hydrogen-bond donors (Lipinski definition) is 2. The predicted octanol–water partition coefficient (Wildman–Crippen LogP) is 4.19. The van der Waals surface area contributed by atoms with Crippen LogP contribution in [0.3, 0.4) is 0 Å².